The summed E-state index contributed by atoms with van der Waals surface area (Å²) in [6.07, 6.45) is 0.997. The lowest BCUT2D eigenvalue weighted by atomic mass is 10.2. The predicted molar refractivity (Wildman–Crippen MR) is 83.8 cm³/mol. The number of hydrogen-bond donors (Lipinski definition) is 1. The zero-order chi connectivity index (χ0) is 15.2. The number of nitrogens with zero attached hydrogens (tertiary/aromatic N) is 1. The highest BCUT2D eigenvalue weighted by Gasteiger charge is 2.23. The number of hydrogen-bond acceptors (Lipinski definition) is 4. The number of β-amino-alcohol motifs (C(OH)–C–C–N with tert-alkyl or cyclic N) is 1. The third-order valence-corrected chi connectivity index (χ3v) is 3.74. The summed E-state index contributed by atoms with van der Waals surface area (Å²) in [5.41, 5.74) is 1.29. The van der Waals surface area contributed by atoms with E-state index in [4.69, 9.17) is 9.47 Å². The van der Waals surface area contributed by atoms with Crippen LogP contribution in [-0.2, 0) is 11.2 Å². The minimum atomic E-state index is -0.478. The van der Waals surface area contributed by atoms with Gasteiger partial charge in [0, 0.05) is 19.6 Å². The maximum absolute atomic E-state index is 10.1. The fraction of sp³-hybridized carbons (Fsp3) is 0.647. The molecular formula is C17H27NO3. The van der Waals surface area contributed by atoms with Crippen LogP contribution in [0.5, 0.6) is 5.75 Å². The fourth-order valence-electron chi connectivity index (χ4n) is 2.80. The zero-order valence-corrected chi connectivity index (χ0v) is 13.3. The Hall–Kier alpha value is -1.10. The summed E-state index contributed by atoms with van der Waals surface area (Å²) in [6, 6.07) is 8.05. The van der Waals surface area contributed by atoms with E-state index >= 15 is 0 Å². The number of morpholine rings is 1. The van der Waals surface area contributed by atoms with Crippen molar-refractivity contribution in [3.05, 3.63) is 29.8 Å². The van der Waals surface area contributed by atoms with Crippen LogP contribution in [0, 0.1) is 0 Å². The van der Waals surface area contributed by atoms with Gasteiger partial charge in [-0.05, 0) is 38.0 Å². The van der Waals surface area contributed by atoms with Crippen LogP contribution in [0.1, 0.15) is 26.3 Å². The minimum absolute atomic E-state index is 0.225. The first-order valence-electron chi connectivity index (χ1n) is 7.84. The van der Waals surface area contributed by atoms with Gasteiger partial charge < -0.3 is 14.6 Å². The Bertz CT molecular complexity index is 411. The van der Waals surface area contributed by atoms with Crippen molar-refractivity contribution in [3.8, 4) is 5.75 Å². The molecule has 4 heteroatoms. The van der Waals surface area contributed by atoms with Gasteiger partial charge in [0.25, 0.3) is 0 Å². The van der Waals surface area contributed by atoms with Crippen LogP contribution < -0.4 is 4.74 Å². The quantitative estimate of drug-likeness (QED) is 0.872. The predicted octanol–water partition coefficient (Wildman–Crippen LogP) is 2.10. The number of ether oxygens (including phenoxy) is 2. The van der Waals surface area contributed by atoms with Crippen LogP contribution in [0.4, 0.5) is 0 Å². The zero-order valence-electron chi connectivity index (χ0n) is 13.3. The normalized spacial score (nSPS) is 24.8. The van der Waals surface area contributed by atoms with Gasteiger partial charge in [0.15, 0.2) is 0 Å². The highest BCUT2D eigenvalue weighted by Crippen LogP contribution is 2.14. The highest BCUT2D eigenvalue weighted by atomic mass is 16.5. The van der Waals surface area contributed by atoms with E-state index in [1.54, 1.807) is 0 Å². The van der Waals surface area contributed by atoms with E-state index < -0.39 is 6.10 Å². The maximum atomic E-state index is 10.1. The third kappa shape index (κ3) is 5.30. The summed E-state index contributed by atoms with van der Waals surface area (Å²) in [4.78, 5) is 2.24. The molecule has 1 saturated heterocycles. The standard InChI is InChI=1S/C17H27NO3/c1-4-15-5-7-17(8-6-15)20-12-16(19)11-18-9-13(2)21-14(3)10-18/h5-8,13-14,16,19H,4,9-12H2,1-3H3/t13-,14+,16-/m1/s1. The molecule has 1 N–H and O–H groups in total. The van der Waals surface area contributed by atoms with Gasteiger partial charge in [-0.1, -0.05) is 19.1 Å². The lowest BCUT2D eigenvalue weighted by Crippen LogP contribution is -2.48. The molecule has 2 rings (SSSR count). The number of aliphatic hydroxyl groups is 1. The summed E-state index contributed by atoms with van der Waals surface area (Å²) < 4.78 is 11.3. The van der Waals surface area contributed by atoms with E-state index in [-0.39, 0.29) is 12.2 Å². The monoisotopic (exact) mass is 293 g/mol. The number of rotatable bonds is 6. The Morgan fingerprint density at radius 1 is 1.24 bits per heavy atom. The molecule has 3 atom stereocenters. The summed E-state index contributed by atoms with van der Waals surface area (Å²) in [5.74, 6) is 0.815. The molecule has 0 amide bonds. The minimum Gasteiger partial charge on any atom is -0.491 e. The molecule has 1 aliphatic heterocycles. The van der Waals surface area contributed by atoms with Gasteiger partial charge in [0.2, 0.25) is 0 Å². The Morgan fingerprint density at radius 2 is 1.86 bits per heavy atom. The molecule has 1 heterocycles. The van der Waals surface area contributed by atoms with Crippen LogP contribution in [0.15, 0.2) is 24.3 Å². The van der Waals surface area contributed by atoms with Crippen molar-refractivity contribution in [1.82, 2.24) is 4.90 Å². The number of aliphatic hydroxyl groups excluding tert-OH is 1. The average Bonchev–Trinajstić information content (AvgIpc) is 2.44. The molecule has 118 valence electrons. The molecule has 1 aromatic carbocycles. The molecule has 0 saturated carbocycles. The molecule has 1 aliphatic rings. The topological polar surface area (TPSA) is 41.9 Å². The first-order valence-corrected chi connectivity index (χ1v) is 7.84. The van der Waals surface area contributed by atoms with Crippen molar-refractivity contribution in [2.24, 2.45) is 0 Å². The van der Waals surface area contributed by atoms with Crippen molar-refractivity contribution < 1.29 is 14.6 Å². The van der Waals surface area contributed by atoms with E-state index in [0.717, 1.165) is 25.3 Å². The van der Waals surface area contributed by atoms with E-state index in [2.05, 4.69) is 37.8 Å². The lowest BCUT2D eigenvalue weighted by molar-refractivity contribution is -0.0786. The second-order valence-electron chi connectivity index (χ2n) is 5.94. The van der Waals surface area contributed by atoms with E-state index in [0.29, 0.717) is 13.2 Å². The van der Waals surface area contributed by atoms with Crippen LogP contribution in [0.2, 0.25) is 0 Å². The van der Waals surface area contributed by atoms with Gasteiger partial charge in [-0.3, -0.25) is 4.90 Å². The lowest BCUT2D eigenvalue weighted by Gasteiger charge is -2.36. The summed E-state index contributed by atoms with van der Waals surface area (Å²) >= 11 is 0. The highest BCUT2D eigenvalue weighted by molar-refractivity contribution is 5.27. The summed E-state index contributed by atoms with van der Waals surface area (Å²) in [6.45, 7) is 8.96. The first kappa shape index (κ1) is 16.3. The molecule has 0 aliphatic carbocycles. The third-order valence-electron chi connectivity index (χ3n) is 3.74. The first-order chi connectivity index (χ1) is 10.1. The van der Waals surface area contributed by atoms with Crippen molar-refractivity contribution >= 4 is 0 Å². The Labute approximate surface area is 127 Å². The molecule has 0 spiro atoms. The van der Waals surface area contributed by atoms with Crippen LogP contribution >= 0.6 is 0 Å². The Balaban J connectivity index is 1.74. The van der Waals surface area contributed by atoms with Gasteiger partial charge >= 0.3 is 0 Å². The summed E-state index contributed by atoms with van der Waals surface area (Å²) in [5, 5.41) is 10.1. The molecule has 4 nitrogen and oxygen atoms in total. The molecule has 0 aromatic heterocycles. The maximum Gasteiger partial charge on any atom is 0.119 e. The molecule has 21 heavy (non-hydrogen) atoms. The summed E-state index contributed by atoms with van der Waals surface area (Å²) in [7, 11) is 0. The number of aryl methyl sites for hydroxylation is 1. The SMILES string of the molecule is CCc1ccc(OC[C@H](O)CN2C[C@@H](C)O[C@@H](C)C2)cc1. The van der Waals surface area contributed by atoms with Crippen LogP contribution in [-0.4, -0.2) is 54.6 Å². The van der Waals surface area contributed by atoms with Crippen molar-refractivity contribution in [2.45, 2.75) is 45.5 Å². The molecule has 1 aromatic rings. The Kier molecular flexibility index (Phi) is 6.03. The molecular weight excluding hydrogens is 266 g/mol. The molecule has 0 bridgehead atoms. The fourth-order valence-corrected chi connectivity index (χ4v) is 2.80. The second kappa shape index (κ2) is 7.78. The van der Waals surface area contributed by atoms with Crippen molar-refractivity contribution in [1.29, 1.82) is 0 Å². The van der Waals surface area contributed by atoms with Gasteiger partial charge in [-0.2, -0.15) is 0 Å². The van der Waals surface area contributed by atoms with E-state index in [1.807, 2.05) is 12.1 Å². The number of benzene rings is 1. The van der Waals surface area contributed by atoms with E-state index in [9.17, 15) is 5.11 Å². The van der Waals surface area contributed by atoms with Gasteiger partial charge in [-0.25, -0.2) is 0 Å². The van der Waals surface area contributed by atoms with Gasteiger partial charge in [-0.15, -0.1) is 0 Å². The molecule has 0 radical (unpaired) electrons. The van der Waals surface area contributed by atoms with Crippen molar-refractivity contribution in [2.75, 3.05) is 26.2 Å². The Morgan fingerprint density at radius 3 is 2.43 bits per heavy atom. The molecule has 1 fully saturated rings. The van der Waals surface area contributed by atoms with Gasteiger partial charge in [0.1, 0.15) is 18.5 Å². The molecule has 0 unspecified atom stereocenters. The second-order valence-corrected chi connectivity index (χ2v) is 5.94. The van der Waals surface area contributed by atoms with Crippen LogP contribution in [0.3, 0.4) is 0 Å². The largest absolute Gasteiger partial charge is 0.491 e. The van der Waals surface area contributed by atoms with Gasteiger partial charge in [0.05, 0.1) is 12.2 Å². The van der Waals surface area contributed by atoms with Crippen LogP contribution in [0.25, 0.3) is 0 Å². The van der Waals surface area contributed by atoms with E-state index in [1.165, 1.54) is 5.56 Å². The average molecular weight is 293 g/mol. The smallest absolute Gasteiger partial charge is 0.119 e. The van der Waals surface area contributed by atoms with Crippen molar-refractivity contribution in [3.63, 3.8) is 0 Å².